The Bertz CT molecular complexity index is 693. The minimum atomic E-state index is 0. The van der Waals surface area contributed by atoms with Crippen LogP contribution in [-0.4, -0.2) is 37.0 Å². The van der Waals surface area contributed by atoms with Crippen molar-refractivity contribution < 1.29 is 9.53 Å². The van der Waals surface area contributed by atoms with Gasteiger partial charge < -0.3 is 10.1 Å². The zero-order valence-corrected chi connectivity index (χ0v) is 17.6. The molecule has 1 N–H and O–H groups in total. The summed E-state index contributed by atoms with van der Waals surface area (Å²) in [6.07, 6.45) is 0.876. The van der Waals surface area contributed by atoms with E-state index < -0.39 is 0 Å². The summed E-state index contributed by atoms with van der Waals surface area (Å²) in [7, 11) is 0. The first-order chi connectivity index (χ1) is 12.5. The number of nitrogens with one attached hydrogen (secondary N) is 1. The van der Waals surface area contributed by atoms with E-state index in [0.29, 0.717) is 13.2 Å². The van der Waals surface area contributed by atoms with Crippen molar-refractivity contribution in [3.63, 3.8) is 0 Å². The fourth-order valence-electron chi connectivity index (χ4n) is 2.96. The number of amides is 1. The Labute approximate surface area is 169 Å². The van der Waals surface area contributed by atoms with E-state index in [2.05, 4.69) is 36.2 Å². The normalized spacial score (nSPS) is 10.4. The Kier molecular flexibility index (Phi) is 9.90. The summed E-state index contributed by atoms with van der Waals surface area (Å²) in [6.45, 7) is 10.9. The van der Waals surface area contributed by atoms with E-state index in [1.54, 1.807) is 0 Å². The third-order valence-electron chi connectivity index (χ3n) is 4.53. The van der Waals surface area contributed by atoms with E-state index in [-0.39, 0.29) is 18.3 Å². The number of rotatable bonds is 9. The molecule has 0 aromatic heterocycles. The number of carbonyl (C=O) groups excluding carboxylic acids is 1. The molecular weight excluding hydrogens is 360 g/mol. The lowest BCUT2D eigenvalue weighted by molar-refractivity contribution is -0.117. The van der Waals surface area contributed by atoms with Crippen LogP contribution in [0.2, 0.25) is 0 Å². The van der Waals surface area contributed by atoms with Crippen LogP contribution in [0, 0.1) is 13.8 Å². The Hall–Kier alpha value is -2.04. The van der Waals surface area contributed by atoms with Crippen molar-refractivity contribution in [2.75, 3.05) is 31.6 Å². The molecule has 0 aliphatic rings. The van der Waals surface area contributed by atoms with Crippen LogP contribution in [0.1, 0.15) is 30.5 Å². The number of halogens is 1. The highest BCUT2D eigenvalue weighted by molar-refractivity contribution is 5.93. The molecule has 5 heteroatoms. The van der Waals surface area contributed by atoms with Gasteiger partial charge in [-0.25, -0.2) is 0 Å². The van der Waals surface area contributed by atoms with E-state index >= 15 is 0 Å². The molecule has 2 aromatic rings. The zero-order chi connectivity index (χ0) is 18.9. The molecule has 0 unspecified atom stereocenters. The first-order valence-electron chi connectivity index (χ1n) is 9.33. The van der Waals surface area contributed by atoms with Crippen LogP contribution in [0.3, 0.4) is 0 Å². The van der Waals surface area contributed by atoms with E-state index in [0.717, 1.165) is 42.1 Å². The molecule has 0 aliphatic carbocycles. The predicted octanol–water partition coefficient (Wildman–Crippen LogP) is 4.63. The summed E-state index contributed by atoms with van der Waals surface area (Å²) in [5.41, 5.74) is 4.19. The van der Waals surface area contributed by atoms with Gasteiger partial charge in [0.15, 0.2) is 0 Å². The van der Waals surface area contributed by atoms with Gasteiger partial charge in [-0.15, -0.1) is 12.4 Å². The maximum absolute atomic E-state index is 12.3. The van der Waals surface area contributed by atoms with Crippen LogP contribution >= 0.6 is 12.4 Å². The Morgan fingerprint density at radius 3 is 2.19 bits per heavy atom. The number of hydrogen-bond donors (Lipinski definition) is 1. The van der Waals surface area contributed by atoms with Crippen molar-refractivity contribution in [1.82, 2.24) is 4.90 Å². The molecule has 0 radical (unpaired) electrons. The first kappa shape index (κ1) is 23.0. The maximum Gasteiger partial charge on any atom is 0.238 e. The number of aryl methyl sites for hydroxylation is 2. The molecule has 27 heavy (non-hydrogen) atoms. The standard InChI is InChI=1S/C22H30N2O2.ClH/c1-5-24(6-2)16-21(25)23-22-17(3)14-20(15-18(22)4)26-13-12-19-10-8-7-9-11-19;/h7-11,14-15H,5-6,12-13,16H2,1-4H3,(H,23,25);1H. The molecule has 0 atom stereocenters. The van der Waals surface area contributed by atoms with Gasteiger partial charge in [-0.3, -0.25) is 9.69 Å². The summed E-state index contributed by atoms with van der Waals surface area (Å²) in [5, 5.41) is 3.05. The van der Waals surface area contributed by atoms with Gasteiger partial charge in [0.1, 0.15) is 5.75 Å². The number of anilines is 1. The van der Waals surface area contributed by atoms with Crippen molar-refractivity contribution in [2.24, 2.45) is 0 Å². The van der Waals surface area contributed by atoms with Gasteiger partial charge in [0.05, 0.1) is 13.2 Å². The van der Waals surface area contributed by atoms with Crippen LogP contribution < -0.4 is 10.1 Å². The number of ether oxygens (including phenoxy) is 1. The topological polar surface area (TPSA) is 41.6 Å². The number of benzene rings is 2. The van der Waals surface area contributed by atoms with Crippen molar-refractivity contribution in [3.05, 3.63) is 59.2 Å². The molecule has 0 saturated carbocycles. The third kappa shape index (κ3) is 7.24. The van der Waals surface area contributed by atoms with Gasteiger partial charge >= 0.3 is 0 Å². The van der Waals surface area contributed by atoms with Crippen molar-refractivity contribution in [2.45, 2.75) is 34.1 Å². The fraction of sp³-hybridized carbons (Fsp3) is 0.409. The van der Waals surface area contributed by atoms with Crippen molar-refractivity contribution >= 4 is 24.0 Å². The molecule has 0 spiro atoms. The SMILES string of the molecule is CCN(CC)CC(=O)Nc1c(C)cc(OCCc2ccccc2)cc1C.Cl. The monoisotopic (exact) mass is 390 g/mol. The second kappa shape index (κ2) is 11.6. The molecular formula is C22H31ClN2O2. The number of nitrogens with zero attached hydrogens (tertiary/aromatic N) is 1. The second-order valence-corrected chi connectivity index (χ2v) is 6.53. The average molecular weight is 391 g/mol. The molecule has 148 valence electrons. The first-order valence-corrected chi connectivity index (χ1v) is 9.33. The summed E-state index contributed by atoms with van der Waals surface area (Å²) >= 11 is 0. The van der Waals surface area contributed by atoms with Gasteiger partial charge in [0.25, 0.3) is 0 Å². The highest BCUT2D eigenvalue weighted by Crippen LogP contribution is 2.26. The molecule has 1 amide bonds. The predicted molar refractivity (Wildman–Crippen MR) is 115 cm³/mol. The summed E-state index contributed by atoms with van der Waals surface area (Å²) < 4.78 is 5.91. The molecule has 0 bridgehead atoms. The zero-order valence-electron chi connectivity index (χ0n) is 16.7. The average Bonchev–Trinajstić information content (AvgIpc) is 2.63. The molecule has 0 fully saturated rings. The Morgan fingerprint density at radius 1 is 1.04 bits per heavy atom. The lowest BCUT2D eigenvalue weighted by Crippen LogP contribution is -2.33. The molecule has 0 saturated heterocycles. The Morgan fingerprint density at radius 2 is 1.63 bits per heavy atom. The van der Waals surface area contributed by atoms with Crippen molar-refractivity contribution in [3.8, 4) is 5.75 Å². The lowest BCUT2D eigenvalue weighted by Gasteiger charge is -2.19. The fourth-order valence-corrected chi connectivity index (χ4v) is 2.96. The van der Waals surface area contributed by atoms with Crippen LogP contribution in [0.15, 0.2) is 42.5 Å². The van der Waals surface area contributed by atoms with Gasteiger partial charge in [0.2, 0.25) is 5.91 Å². The van der Waals surface area contributed by atoms with E-state index in [1.807, 2.05) is 44.2 Å². The minimum absolute atomic E-state index is 0. The second-order valence-electron chi connectivity index (χ2n) is 6.53. The van der Waals surface area contributed by atoms with Crippen molar-refractivity contribution in [1.29, 1.82) is 0 Å². The number of likely N-dealkylation sites (N-methyl/N-ethyl adjacent to an activating group) is 1. The van der Waals surface area contributed by atoms with Crippen LogP contribution in [0.4, 0.5) is 5.69 Å². The van der Waals surface area contributed by atoms with E-state index in [4.69, 9.17) is 4.74 Å². The van der Waals surface area contributed by atoms with E-state index in [1.165, 1.54) is 5.56 Å². The lowest BCUT2D eigenvalue weighted by atomic mass is 10.1. The minimum Gasteiger partial charge on any atom is -0.493 e. The highest BCUT2D eigenvalue weighted by atomic mass is 35.5. The van der Waals surface area contributed by atoms with Crippen LogP contribution in [-0.2, 0) is 11.2 Å². The molecule has 0 heterocycles. The molecule has 4 nitrogen and oxygen atoms in total. The smallest absolute Gasteiger partial charge is 0.238 e. The quantitative estimate of drug-likeness (QED) is 0.678. The van der Waals surface area contributed by atoms with Crippen LogP contribution in [0.25, 0.3) is 0 Å². The van der Waals surface area contributed by atoms with E-state index in [9.17, 15) is 4.79 Å². The van der Waals surface area contributed by atoms with Gasteiger partial charge in [-0.2, -0.15) is 0 Å². The highest BCUT2D eigenvalue weighted by Gasteiger charge is 2.12. The largest absolute Gasteiger partial charge is 0.493 e. The molecule has 2 rings (SSSR count). The molecule has 2 aromatic carbocycles. The van der Waals surface area contributed by atoms with Gasteiger partial charge in [-0.05, 0) is 55.8 Å². The summed E-state index contributed by atoms with van der Waals surface area (Å²) in [5.74, 6) is 0.871. The number of carbonyl (C=O) groups is 1. The maximum atomic E-state index is 12.3. The summed E-state index contributed by atoms with van der Waals surface area (Å²) in [4.78, 5) is 14.4. The third-order valence-corrected chi connectivity index (χ3v) is 4.53. The molecule has 0 aliphatic heterocycles. The van der Waals surface area contributed by atoms with Gasteiger partial charge in [-0.1, -0.05) is 44.2 Å². The Balaban J connectivity index is 0.00000364. The summed E-state index contributed by atoms with van der Waals surface area (Å²) in [6, 6.07) is 14.3. The van der Waals surface area contributed by atoms with Gasteiger partial charge in [0, 0.05) is 12.1 Å². The van der Waals surface area contributed by atoms with Crippen LogP contribution in [0.5, 0.6) is 5.75 Å². The number of hydrogen-bond acceptors (Lipinski definition) is 3.